The van der Waals surface area contributed by atoms with E-state index in [1.54, 1.807) is 4.68 Å². The van der Waals surface area contributed by atoms with E-state index in [1.807, 2.05) is 44.4 Å². The topological polar surface area (TPSA) is 79.1 Å². The van der Waals surface area contributed by atoms with Crippen LogP contribution in [0.15, 0.2) is 36.5 Å². The summed E-state index contributed by atoms with van der Waals surface area (Å²) in [7, 11) is 1.89. The summed E-state index contributed by atoms with van der Waals surface area (Å²) in [5, 5.41) is 20.0. The molecule has 4 heterocycles. The smallest absolute Gasteiger partial charge is 0.130 e. The molecule has 1 saturated carbocycles. The van der Waals surface area contributed by atoms with Crippen LogP contribution in [-0.2, 0) is 7.05 Å². The molecule has 2 aliphatic rings. The predicted octanol–water partition coefficient (Wildman–Crippen LogP) is 3.53. The summed E-state index contributed by atoms with van der Waals surface area (Å²) in [5.41, 5.74) is 4.75. The average molecular weight is 415 g/mol. The Hall–Kier alpha value is -3.19. The highest BCUT2D eigenvalue weighted by Gasteiger charge is 2.29. The van der Waals surface area contributed by atoms with E-state index >= 15 is 0 Å². The molecule has 4 aromatic rings. The van der Waals surface area contributed by atoms with Crippen LogP contribution in [0.3, 0.4) is 0 Å². The lowest BCUT2D eigenvalue weighted by Crippen LogP contribution is -2.34. The number of phenols is 1. The summed E-state index contributed by atoms with van der Waals surface area (Å²) in [4.78, 5) is 12.0. The first-order valence-electron chi connectivity index (χ1n) is 11.0. The van der Waals surface area contributed by atoms with E-state index in [0.29, 0.717) is 6.04 Å². The molecule has 3 aromatic heterocycles. The zero-order valence-corrected chi connectivity index (χ0v) is 17.8. The molecule has 0 amide bonds. The minimum atomic E-state index is 0.230. The van der Waals surface area contributed by atoms with Gasteiger partial charge in [0.25, 0.3) is 0 Å². The number of hydrogen-bond acceptors (Lipinski definition) is 6. The number of benzene rings is 1. The first-order valence-corrected chi connectivity index (χ1v) is 11.0. The Bertz CT molecular complexity index is 1310. The highest BCUT2D eigenvalue weighted by molar-refractivity contribution is 5.91. The number of anilines is 1. The van der Waals surface area contributed by atoms with Gasteiger partial charge >= 0.3 is 0 Å². The maximum absolute atomic E-state index is 10.8. The Morgan fingerprint density at radius 2 is 1.84 bits per heavy atom. The van der Waals surface area contributed by atoms with Gasteiger partial charge < -0.3 is 15.3 Å². The Morgan fingerprint density at radius 3 is 2.68 bits per heavy atom. The standard InChI is InChI=1S/C24H26N6O/c1-14-23-15(12-29(2)28-23)11-18(24(14)31)19-5-6-21-20(26-19)7-8-22(27-21)30-10-9-17(13-30)25-16-3-4-16/h5-8,11-12,16-17,25,31H,3-4,9-10,13H2,1-2H3/t17-/m1/s1. The number of phenolic OH excluding ortho intramolecular Hbond substituents is 1. The first kappa shape index (κ1) is 18.6. The molecule has 31 heavy (non-hydrogen) atoms. The molecule has 1 atom stereocenters. The van der Waals surface area contributed by atoms with Crippen LogP contribution in [-0.4, -0.2) is 50.0 Å². The maximum Gasteiger partial charge on any atom is 0.130 e. The summed E-state index contributed by atoms with van der Waals surface area (Å²) in [6, 6.07) is 11.3. The molecule has 158 valence electrons. The van der Waals surface area contributed by atoms with Gasteiger partial charge in [0.2, 0.25) is 0 Å². The number of nitrogens with zero attached hydrogens (tertiary/aromatic N) is 5. The van der Waals surface area contributed by atoms with Gasteiger partial charge in [-0.1, -0.05) is 0 Å². The third kappa shape index (κ3) is 3.29. The molecule has 1 aliphatic carbocycles. The second-order valence-corrected chi connectivity index (χ2v) is 8.92. The molecular weight excluding hydrogens is 388 g/mol. The monoisotopic (exact) mass is 414 g/mol. The van der Waals surface area contributed by atoms with Crippen molar-refractivity contribution in [3.05, 3.63) is 42.1 Å². The lowest BCUT2D eigenvalue weighted by atomic mass is 10.0. The second-order valence-electron chi connectivity index (χ2n) is 8.92. The largest absolute Gasteiger partial charge is 0.507 e. The molecule has 0 unspecified atom stereocenters. The third-order valence-corrected chi connectivity index (χ3v) is 6.49. The molecule has 6 rings (SSSR count). The fourth-order valence-corrected chi connectivity index (χ4v) is 4.65. The van der Waals surface area contributed by atoms with Crippen molar-refractivity contribution in [3.63, 3.8) is 0 Å². The number of fused-ring (bicyclic) bond motifs is 2. The minimum absolute atomic E-state index is 0.230. The van der Waals surface area contributed by atoms with Gasteiger partial charge in [0, 0.05) is 54.9 Å². The second kappa shape index (κ2) is 6.92. The Balaban J connectivity index is 1.32. The van der Waals surface area contributed by atoms with Crippen LogP contribution in [0.4, 0.5) is 5.82 Å². The van der Waals surface area contributed by atoms with Gasteiger partial charge in [0.1, 0.15) is 11.6 Å². The van der Waals surface area contributed by atoms with Crippen molar-refractivity contribution < 1.29 is 5.11 Å². The van der Waals surface area contributed by atoms with E-state index < -0.39 is 0 Å². The van der Waals surface area contributed by atoms with Gasteiger partial charge in [-0.2, -0.15) is 5.10 Å². The molecule has 2 fully saturated rings. The van der Waals surface area contributed by atoms with E-state index in [1.165, 1.54) is 19.3 Å². The van der Waals surface area contributed by atoms with Crippen molar-refractivity contribution >= 4 is 27.8 Å². The van der Waals surface area contributed by atoms with Crippen molar-refractivity contribution in [1.82, 2.24) is 25.1 Å². The van der Waals surface area contributed by atoms with Crippen LogP contribution in [0.1, 0.15) is 24.8 Å². The predicted molar refractivity (Wildman–Crippen MR) is 122 cm³/mol. The van der Waals surface area contributed by atoms with Crippen LogP contribution >= 0.6 is 0 Å². The number of nitrogens with one attached hydrogen (secondary N) is 1. The van der Waals surface area contributed by atoms with Crippen molar-refractivity contribution in [2.45, 2.75) is 38.3 Å². The van der Waals surface area contributed by atoms with Gasteiger partial charge in [-0.25, -0.2) is 9.97 Å². The maximum atomic E-state index is 10.8. The molecule has 1 aromatic carbocycles. The number of aryl methyl sites for hydroxylation is 2. The van der Waals surface area contributed by atoms with Gasteiger partial charge in [-0.05, 0) is 56.5 Å². The molecule has 1 aliphatic heterocycles. The van der Waals surface area contributed by atoms with Crippen molar-refractivity contribution in [1.29, 1.82) is 0 Å². The molecule has 0 spiro atoms. The summed E-state index contributed by atoms with van der Waals surface area (Å²) < 4.78 is 1.77. The van der Waals surface area contributed by atoms with E-state index in [0.717, 1.165) is 63.7 Å². The van der Waals surface area contributed by atoms with Gasteiger partial charge in [0.15, 0.2) is 0 Å². The van der Waals surface area contributed by atoms with Gasteiger partial charge in [-0.3, -0.25) is 4.68 Å². The van der Waals surface area contributed by atoms with Crippen molar-refractivity contribution in [2.24, 2.45) is 7.05 Å². The quantitative estimate of drug-likeness (QED) is 0.532. The molecule has 7 nitrogen and oxygen atoms in total. The van der Waals surface area contributed by atoms with E-state index in [9.17, 15) is 5.11 Å². The number of pyridine rings is 2. The summed E-state index contributed by atoms with van der Waals surface area (Å²) in [5.74, 6) is 1.24. The lowest BCUT2D eigenvalue weighted by molar-refractivity contribution is 0.474. The molecule has 0 bridgehead atoms. The van der Waals surface area contributed by atoms with Gasteiger partial charge in [-0.15, -0.1) is 0 Å². The lowest BCUT2D eigenvalue weighted by Gasteiger charge is -2.18. The van der Waals surface area contributed by atoms with Crippen LogP contribution in [0.5, 0.6) is 5.75 Å². The summed E-state index contributed by atoms with van der Waals surface area (Å²) in [6.45, 7) is 3.94. The first-order chi connectivity index (χ1) is 15.0. The zero-order chi connectivity index (χ0) is 21.1. The highest BCUT2D eigenvalue weighted by atomic mass is 16.3. The van der Waals surface area contributed by atoms with Crippen LogP contribution in [0.2, 0.25) is 0 Å². The van der Waals surface area contributed by atoms with Crippen molar-refractivity contribution in [2.75, 3.05) is 18.0 Å². The number of aromatic nitrogens is 4. The van der Waals surface area contributed by atoms with E-state index in [4.69, 9.17) is 9.97 Å². The van der Waals surface area contributed by atoms with Crippen LogP contribution < -0.4 is 10.2 Å². The molecule has 0 radical (unpaired) electrons. The van der Waals surface area contributed by atoms with Gasteiger partial charge in [0.05, 0.1) is 22.2 Å². The number of hydrogen-bond donors (Lipinski definition) is 2. The van der Waals surface area contributed by atoms with Crippen molar-refractivity contribution in [3.8, 4) is 17.0 Å². The Labute approximate surface area is 180 Å². The number of rotatable bonds is 4. The normalized spacial score (nSPS) is 19.0. The summed E-state index contributed by atoms with van der Waals surface area (Å²) in [6.07, 6.45) is 5.77. The minimum Gasteiger partial charge on any atom is -0.507 e. The fraction of sp³-hybridized carbons (Fsp3) is 0.375. The summed E-state index contributed by atoms with van der Waals surface area (Å²) >= 11 is 0. The molecule has 1 saturated heterocycles. The zero-order valence-electron chi connectivity index (χ0n) is 17.8. The Kier molecular flexibility index (Phi) is 4.14. The fourth-order valence-electron chi connectivity index (χ4n) is 4.65. The van der Waals surface area contributed by atoms with Crippen LogP contribution in [0, 0.1) is 6.92 Å². The highest BCUT2D eigenvalue weighted by Crippen LogP contribution is 2.36. The SMILES string of the molecule is Cc1c(O)c(-c2ccc3nc(N4CC[C@@H](NC5CC5)C4)ccc3n2)cc2cn(C)nc12. The molecular formula is C24H26N6O. The molecule has 7 heteroatoms. The number of aromatic hydroxyl groups is 1. The Morgan fingerprint density at radius 1 is 1.03 bits per heavy atom. The van der Waals surface area contributed by atoms with E-state index in [2.05, 4.69) is 21.4 Å². The molecule has 2 N–H and O–H groups in total. The average Bonchev–Trinajstić information content (AvgIpc) is 3.32. The van der Waals surface area contributed by atoms with E-state index in [-0.39, 0.29) is 5.75 Å². The third-order valence-electron chi connectivity index (χ3n) is 6.49. The van der Waals surface area contributed by atoms with Crippen LogP contribution in [0.25, 0.3) is 33.2 Å².